The van der Waals surface area contributed by atoms with Crippen LogP contribution in [0.2, 0.25) is 5.02 Å². The Bertz CT molecular complexity index is 1870. The maximum absolute atomic E-state index is 14.0. The van der Waals surface area contributed by atoms with Gasteiger partial charge in [-0.05, 0) is 112 Å². The van der Waals surface area contributed by atoms with E-state index >= 15 is 0 Å². The number of fused-ring (bicyclic) bond motifs is 3. The molecule has 0 spiro atoms. The van der Waals surface area contributed by atoms with Crippen LogP contribution in [0.25, 0.3) is 11.0 Å². The van der Waals surface area contributed by atoms with Crippen molar-refractivity contribution in [1.29, 1.82) is 0 Å². The molecule has 46 heavy (non-hydrogen) atoms. The number of carbonyl (C=O) groups excluding carboxylic acids is 1. The number of amides is 1. The molecule has 0 radical (unpaired) electrons. The van der Waals surface area contributed by atoms with Gasteiger partial charge in [-0.15, -0.1) is 0 Å². The second-order valence-corrected chi connectivity index (χ2v) is 15.2. The van der Waals surface area contributed by atoms with Gasteiger partial charge in [-0.2, -0.15) is 0 Å². The molecule has 3 fully saturated rings. The normalized spacial score (nSPS) is 23.2. The van der Waals surface area contributed by atoms with Gasteiger partial charge in [-0.3, -0.25) is 9.69 Å². The number of nitrogens with two attached hydrogens (primary N) is 1. The monoisotopic (exact) mass is 663 g/mol. The van der Waals surface area contributed by atoms with Crippen LogP contribution >= 0.6 is 11.6 Å². The summed E-state index contributed by atoms with van der Waals surface area (Å²) in [5, 5.41) is 5.31. The molecule has 4 aromatic rings. The molecule has 3 aliphatic heterocycles. The number of aryl methyl sites for hydroxylation is 1. The number of sulfonamides is 1. The SMILES string of the molecule is Cc1nc2ccccc2n1C1C[C@H]2CC[C@@H](C1)N2CCC1(c2ccc(F)cc2)CCN(C(=O)c2ccc(Cl)c(S(N)(=O)=O)c2)CC1. The first-order valence-corrected chi connectivity index (χ1v) is 18.0. The fourth-order valence-corrected chi connectivity index (χ4v) is 9.52. The van der Waals surface area contributed by atoms with Crippen molar-refractivity contribution in [3.63, 3.8) is 0 Å². The van der Waals surface area contributed by atoms with Crippen LogP contribution in [0, 0.1) is 12.7 Å². The number of piperidine rings is 2. The molecule has 3 aromatic carbocycles. The van der Waals surface area contributed by atoms with Gasteiger partial charge in [0, 0.05) is 36.8 Å². The van der Waals surface area contributed by atoms with Gasteiger partial charge in [0.2, 0.25) is 10.0 Å². The number of likely N-dealkylation sites (tertiary alicyclic amines) is 1. The molecule has 0 saturated carbocycles. The summed E-state index contributed by atoms with van der Waals surface area (Å²) >= 11 is 6.06. The molecule has 11 heteroatoms. The highest BCUT2D eigenvalue weighted by Crippen LogP contribution is 2.45. The van der Waals surface area contributed by atoms with E-state index < -0.39 is 10.0 Å². The van der Waals surface area contributed by atoms with Gasteiger partial charge in [0.05, 0.1) is 16.1 Å². The summed E-state index contributed by atoms with van der Waals surface area (Å²) in [6.45, 7) is 4.08. The Hall–Kier alpha value is -3.31. The third kappa shape index (κ3) is 5.74. The minimum Gasteiger partial charge on any atom is -0.339 e. The Balaban J connectivity index is 1.08. The molecule has 7 rings (SSSR count). The Kier molecular flexibility index (Phi) is 8.20. The molecule has 0 aliphatic carbocycles. The first-order chi connectivity index (χ1) is 22.0. The third-order valence-corrected chi connectivity index (χ3v) is 12.2. The number of benzene rings is 3. The fourth-order valence-electron chi connectivity index (χ4n) is 8.45. The molecule has 3 aliphatic rings. The van der Waals surface area contributed by atoms with Crippen molar-refractivity contribution < 1.29 is 17.6 Å². The number of aromatic nitrogens is 2. The van der Waals surface area contributed by atoms with E-state index in [0.29, 0.717) is 31.2 Å². The second kappa shape index (κ2) is 12.0. The molecule has 2 N–H and O–H groups in total. The molecule has 242 valence electrons. The van der Waals surface area contributed by atoms with Crippen molar-refractivity contribution in [3.05, 3.63) is 94.5 Å². The molecule has 1 unspecified atom stereocenters. The summed E-state index contributed by atoms with van der Waals surface area (Å²) in [6.07, 6.45) is 6.97. The topological polar surface area (TPSA) is 102 Å². The van der Waals surface area contributed by atoms with Gasteiger partial charge in [0.15, 0.2) is 0 Å². The molecule has 8 nitrogen and oxygen atoms in total. The summed E-state index contributed by atoms with van der Waals surface area (Å²) in [5.41, 5.74) is 3.41. The number of halogens is 2. The quantitative estimate of drug-likeness (QED) is 0.253. The van der Waals surface area contributed by atoms with Gasteiger partial charge in [0.1, 0.15) is 16.5 Å². The highest BCUT2D eigenvalue weighted by molar-refractivity contribution is 7.89. The zero-order chi connectivity index (χ0) is 32.2. The van der Waals surface area contributed by atoms with E-state index in [1.165, 1.54) is 48.7 Å². The van der Waals surface area contributed by atoms with Crippen molar-refractivity contribution >= 4 is 38.6 Å². The van der Waals surface area contributed by atoms with E-state index in [-0.39, 0.29) is 32.6 Å². The summed E-state index contributed by atoms with van der Waals surface area (Å²) in [4.78, 5) is 22.6. The van der Waals surface area contributed by atoms with Crippen molar-refractivity contribution in [2.24, 2.45) is 5.14 Å². The Morgan fingerprint density at radius 2 is 1.67 bits per heavy atom. The lowest BCUT2D eigenvalue weighted by Gasteiger charge is -2.45. The van der Waals surface area contributed by atoms with Crippen LogP contribution in [0.15, 0.2) is 71.6 Å². The number of para-hydroxylation sites is 2. The van der Waals surface area contributed by atoms with Crippen LogP contribution in [-0.4, -0.2) is 65.4 Å². The van der Waals surface area contributed by atoms with E-state index in [4.69, 9.17) is 21.7 Å². The van der Waals surface area contributed by atoms with E-state index in [0.717, 1.165) is 55.6 Å². The Morgan fingerprint density at radius 1 is 1.00 bits per heavy atom. The van der Waals surface area contributed by atoms with Crippen LogP contribution in [-0.2, 0) is 15.4 Å². The van der Waals surface area contributed by atoms with Crippen molar-refractivity contribution in [1.82, 2.24) is 19.4 Å². The average Bonchev–Trinajstić information content (AvgIpc) is 3.50. The molecule has 3 saturated heterocycles. The standard InChI is InChI=1S/C35H39ClFN5O3S/c1-23-39-31-4-2-3-5-32(31)42(23)29-21-27-11-12-28(22-29)41(27)19-16-35(25-7-9-26(37)10-8-25)14-17-40(18-15-35)34(43)24-6-13-30(36)33(20-24)46(38,44)45/h2-10,13,20,27-29H,11-12,14-19,21-22H2,1H3,(H2,38,44,45)/t27-,28+,29?. The van der Waals surface area contributed by atoms with E-state index in [2.05, 4.69) is 34.6 Å². The van der Waals surface area contributed by atoms with Crippen LogP contribution in [0.5, 0.6) is 0 Å². The number of rotatable bonds is 7. The number of hydrogen-bond acceptors (Lipinski definition) is 5. The minimum absolute atomic E-state index is 0.0143. The number of carbonyl (C=O) groups is 1. The highest BCUT2D eigenvalue weighted by Gasteiger charge is 2.44. The minimum atomic E-state index is -4.07. The highest BCUT2D eigenvalue weighted by atomic mass is 35.5. The zero-order valence-corrected chi connectivity index (χ0v) is 27.5. The Labute approximate surface area is 274 Å². The van der Waals surface area contributed by atoms with E-state index in [9.17, 15) is 17.6 Å². The lowest BCUT2D eigenvalue weighted by Crippen LogP contribution is -2.49. The van der Waals surface area contributed by atoms with Crippen LogP contribution in [0.1, 0.15) is 72.7 Å². The second-order valence-electron chi connectivity index (χ2n) is 13.3. The van der Waals surface area contributed by atoms with Gasteiger partial charge >= 0.3 is 0 Å². The summed E-state index contributed by atoms with van der Waals surface area (Å²) < 4.78 is 40.5. The number of hydrogen-bond donors (Lipinski definition) is 1. The van der Waals surface area contributed by atoms with Gasteiger partial charge in [0.25, 0.3) is 5.91 Å². The van der Waals surface area contributed by atoms with Crippen LogP contribution < -0.4 is 5.14 Å². The van der Waals surface area contributed by atoms with Crippen molar-refractivity contribution in [2.45, 2.75) is 80.3 Å². The summed E-state index contributed by atoms with van der Waals surface area (Å²) in [6, 6.07) is 20.9. The summed E-state index contributed by atoms with van der Waals surface area (Å²) in [5.74, 6) is 0.564. The predicted molar refractivity (Wildman–Crippen MR) is 177 cm³/mol. The molecule has 1 amide bonds. The maximum atomic E-state index is 14.0. The molecular formula is C35H39ClFN5O3S. The average molecular weight is 664 g/mol. The van der Waals surface area contributed by atoms with Gasteiger partial charge in [-0.1, -0.05) is 35.9 Å². The smallest absolute Gasteiger partial charge is 0.253 e. The van der Waals surface area contributed by atoms with Gasteiger partial charge < -0.3 is 9.47 Å². The third-order valence-electron chi connectivity index (χ3n) is 10.8. The van der Waals surface area contributed by atoms with E-state index in [1.54, 1.807) is 4.90 Å². The maximum Gasteiger partial charge on any atom is 0.253 e. The molecular weight excluding hydrogens is 625 g/mol. The van der Waals surface area contributed by atoms with Crippen molar-refractivity contribution in [3.8, 4) is 0 Å². The van der Waals surface area contributed by atoms with Crippen LogP contribution in [0.3, 0.4) is 0 Å². The number of nitrogens with zero attached hydrogens (tertiary/aromatic N) is 4. The largest absolute Gasteiger partial charge is 0.339 e. The molecule has 2 bridgehead atoms. The van der Waals surface area contributed by atoms with Gasteiger partial charge in [-0.25, -0.2) is 22.9 Å². The first-order valence-electron chi connectivity index (χ1n) is 16.1. The molecule has 1 aromatic heterocycles. The van der Waals surface area contributed by atoms with Crippen LogP contribution in [0.4, 0.5) is 4.39 Å². The predicted octanol–water partition coefficient (Wildman–Crippen LogP) is 6.22. The zero-order valence-electron chi connectivity index (χ0n) is 25.9. The first kappa shape index (κ1) is 31.3. The van der Waals surface area contributed by atoms with E-state index in [1.807, 2.05) is 18.2 Å². The lowest BCUT2D eigenvalue weighted by atomic mass is 9.70. The molecule has 3 atom stereocenters. The number of imidazole rings is 1. The Morgan fingerprint density at radius 3 is 2.35 bits per heavy atom. The van der Waals surface area contributed by atoms with Crippen molar-refractivity contribution in [2.75, 3.05) is 19.6 Å². The molecule has 4 heterocycles. The lowest BCUT2D eigenvalue weighted by molar-refractivity contribution is 0.0606. The summed E-state index contributed by atoms with van der Waals surface area (Å²) in [7, 11) is -4.07. The fraction of sp³-hybridized carbons (Fsp3) is 0.429. The number of primary sulfonamides is 1.